The highest BCUT2D eigenvalue weighted by Crippen LogP contribution is 2.22. The van der Waals surface area contributed by atoms with Crippen molar-refractivity contribution in [3.63, 3.8) is 0 Å². The molecular weight excluding hydrogens is 244 g/mol. The van der Waals surface area contributed by atoms with E-state index in [1.165, 1.54) is 0 Å². The third-order valence-corrected chi connectivity index (χ3v) is 3.45. The second-order valence-corrected chi connectivity index (χ2v) is 4.70. The van der Waals surface area contributed by atoms with Crippen LogP contribution in [0.15, 0.2) is 29.4 Å². The Hall–Kier alpha value is -1.20. The molecule has 1 aromatic heterocycles. The van der Waals surface area contributed by atoms with E-state index in [1.54, 1.807) is 16.3 Å². The monoisotopic (exact) mass is 254 g/mol. The standard InChI is InChI=1S/C10H11ClN4S/c1-15-9(12)13-14-10(15)16-6-7-3-2-4-8(11)5-7/h2-5H,6H2,1H3,(H2,12,13). The van der Waals surface area contributed by atoms with Crippen LogP contribution in [0.4, 0.5) is 5.95 Å². The topological polar surface area (TPSA) is 56.7 Å². The number of hydrogen-bond acceptors (Lipinski definition) is 4. The van der Waals surface area contributed by atoms with Crippen molar-refractivity contribution in [2.24, 2.45) is 7.05 Å². The molecule has 0 saturated heterocycles. The molecule has 4 nitrogen and oxygen atoms in total. The highest BCUT2D eigenvalue weighted by Gasteiger charge is 2.06. The zero-order valence-corrected chi connectivity index (χ0v) is 10.3. The number of nitrogen functional groups attached to an aromatic ring is 1. The van der Waals surface area contributed by atoms with Crippen LogP contribution in [0, 0.1) is 0 Å². The van der Waals surface area contributed by atoms with Gasteiger partial charge in [0.15, 0.2) is 5.16 Å². The largest absolute Gasteiger partial charge is 0.368 e. The summed E-state index contributed by atoms with van der Waals surface area (Å²) in [5.74, 6) is 1.22. The van der Waals surface area contributed by atoms with Crippen LogP contribution in [0.5, 0.6) is 0 Å². The first-order chi connectivity index (χ1) is 7.66. The Morgan fingerprint density at radius 1 is 1.44 bits per heavy atom. The van der Waals surface area contributed by atoms with Gasteiger partial charge in [-0.15, -0.1) is 10.2 Å². The highest BCUT2D eigenvalue weighted by molar-refractivity contribution is 7.98. The van der Waals surface area contributed by atoms with Gasteiger partial charge in [-0.25, -0.2) is 0 Å². The Labute approximate surface area is 103 Å². The van der Waals surface area contributed by atoms with Crippen LogP contribution in [0.2, 0.25) is 5.02 Å². The molecule has 84 valence electrons. The van der Waals surface area contributed by atoms with Gasteiger partial charge >= 0.3 is 0 Å². The van der Waals surface area contributed by atoms with Crippen molar-refractivity contribution in [3.05, 3.63) is 34.9 Å². The van der Waals surface area contributed by atoms with E-state index in [2.05, 4.69) is 10.2 Å². The molecule has 0 fully saturated rings. The van der Waals surface area contributed by atoms with Gasteiger partial charge in [0, 0.05) is 17.8 Å². The predicted octanol–water partition coefficient (Wildman–Crippen LogP) is 2.34. The number of nitrogens with two attached hydrogens (primary N) is 1. The summed E-state index contributed by atoms with van der Waals surface area (Å²) >= 11 is 7.48. The Morgan fingerprint density at radius 2 is 2.25 bits per heavy atom. The lowest BCUT2D eigenvalue weighted by Crippen LogP contribution is -1.98. The van der Waals surface area contributed by atoms with Crippen molar-refractivity contribution in [1.82, 2.24) is 14.8 Å². The van der Waals surface area contributed by atoms with E-state index in [0.29, 0.717) is 5.95 Å². The molecule has 0 unspecified atom stereocenters. The zero-order valence-electron chi connectivity index (χ0n) is 8.72. The number of benzene rings is 1. The molecule has 0 atom stereocenters. The Balaban J connectivity index is 2.05. The Morgan fingerprint density at radius 3 is 2.88 bits per heavy atom. The maximum atomic E-state index is 5.90. The third-order valence-electron chi connectivity index (χ3n) is 2.13. The zero-order chi connectivity index (χ0) is 11.5. The molecule has 0 aliphatic heterocycles. The summed E-state index contributed by atoms with van der Waals surface area (Å²) in [5, 5.41) is 9.31. The first kappa shape index (κ1) is 11.3. The smallest absolute Gasteiger partial charge is 0.222 e. The Bertz CT molecular complexity index is 497. The van der Waals surface area contributed by atoms with Crippen molar-refractivity contribution in [2.75, 3.05) is 5.73 Å². The third kappa shape index (κ3) is 2.48. The average molecular weight is 255 g/mol. The molecule has 6 heteroatoms. The second kappa shape index (κ2) is 4.76. The average Bonchev–Trinajstić information content (AvgIpc) is 2.57. The summed E-state index contributed by atoms with van der Waals surface area (Å²) in [6.07, 6.45) is 0. The highest BCUT2D eigenvalue weighted by atomic mass is 35.5. The van der Waals surface area contributed by atoms with Crippen LogP contribution >= 0.6 is 23.4 Å². The number of nitrogens with zero attached hydrogens (tertiary/aromatic N) is 3. The first-order valence-corrected chi connectivity index (χ1v) is 6.05. The molecule has 2 rings (SSSR count). The fraction of sp³-hybridized carbons (Fsp3) is 0.200. The number of halogens is 1. The van der Waals surface area contributed by atoms with E-state index in [0.717, 1.165) is 21.5 Å². The molecular formula is C10H11ClN4S. The number of hydrogen-bond donors (Lipinski definition) is 1. The second-order valence-electron chi connectivity index (χ2n) is 3.32. The van der Waals surface area contributed by atoms with Gasteiger partial charge in [-0.2, -0.15) is 0 Å². The fourth-order valence-electron chi connectivity index (χ4n) is 1.23. The summed E-state index contributed by atoms with van der Waals surface area (Å²) in [7, 11) is 1.84. The van der Waals surface area contributed by atoms with Crippen molar-refractivity contribution < 1.29 is 0 Å². The summed E-state index contributed by atoms with van der Waals surface area (Å²) in [5.41, 5.74) is 6.74. The number of aromatic nitrogens is 3. The lowest BCUT2D eigenvalue weighted by molar-refractivity contribution is 0.796. The SMILES string of the molecule is Cn1c(N)nnc1SCc1cccc(Cl)c1. The summed E-state index contributed by atoms with van der Waals surface area (Å²) in [6, 6.07) is 7.76. The summed E-state index contributed by atoms with van der Waals surface area (Å²) < 4.78 is 1.76. The Kier molecular flexibility index (Phi) is 3.36. The quantitative estimate of drug-likeness (QED) is 0.855. The van der Waals surface area contributed by atoms with E-state index in [1.807, 2.05) is 31.3 Å². The van der Waals surface area contributed by atoms with Gasteiger partial charge < -0.3 is 5.73 Å². The molecule has 0 aliphatic carbocycles. The minimum atomic E-state index is 0.425. The van der Waals surface area contributed by atoms with E-state index in [4.69, 9.17) is 17.3 Å². The van der Waals surface area contributed by atoms with Gasteiger partial charge in [-0.3, -0.25) is 4.57 Å². The molecule has 1 heterocycles. The molecule has 0 radical (unpaired) electrons. The van der Waals surface area contributed by atoms with E-state index in [9.17, 15) is 0 Å². The van der Waals surface area contributed by atoms with Crippen molar-refractivity contribution in [3.8, 4) is 0 Å². The normalized spacial score (nSPS) is 10.6. The van der Waals surface area contributed by atoms with E-state index < -0.39 is 0 Å². The van der Waals surface area contributed by atoms with Gasteiger partial charge in [0.25, 0.3) is 0 Å². The molecule has 0 bridgehead atoms. The van der Waals surface area contributed by atoms with Crippen LogP contribution in [0.1, 0.15) is 5.56 Å². The predicted molar refractivity (Wildman–Crippen MR) is 66.4 cm³/mol. The molecule has 0 amide bonds. The maximum absolute atomic E-state index is 5.90. The van der Waals surface area contributed by atoms with Crippen LogP contribution in [0.3, 0.4) is 0 Å². The van der Waals surface area contributed by atoms with Gasteiger partial charge in [0.2, 0.25) is 5.95 Å². The van der Waals surface area contributed by atoms with Gasteiger partial charge in [0.05, 0.1) is 0 Å². The van der Waals surface area contributed by atoms with Gasteiger partial charge in [0.1, 0.15) is 0 Å². The lowest BCUT2D eigenvalue weighted by Gasteiger charge is -2.02. The van der Waals surface area contributed by atoms with Gasteiger partial charge in [-0.1, -0.05) is 35.5 Å². The number of rotatable bonds is 3. The number of anilines is 1. The van der Waals surface area contributed by atoms with Crippen molar-refractivity contribution in [1.29, 1.82) is 0 Å². The molecule has 0 aliphatic rings. The summed E-state index contributed by atoms with van der Waals surface area (Å²) in [4.78, 5) is 0. The molecule has 0 saturated carbocycles. The molecule has 2 N–H and O–H groups in total. The molecule has 2 aromatic rings. The molecule has 16 heavy (non-hydrogen) atoms. The fourth-order valence-corrected chi connectivity index (χ4v) is 2.30. The minimum Gasteiger partial charge on any atom is -0.368 e. The molecule has 1 aromatic carbocycles. The summed E-state index contributed by atoms with van der Waals surface area (Å²) in [6.45, 7) is 0. The minimum absolute atomic E-state index is 0.425. The lowest BCUT2D eigenvalue weighted by atomic mass is 10.2. The van der Waals surface area contributed by atoms with Crippen LogP contribution in [-0.2, 0) is 12.8 Å². The molecule has 0 spiro atoms. The van der Waals surface area contributed by atoms with E-state index >= 15 is 0 Å². The van der Waals surface area contributed by atoms with E-state index in [-0.39, 0.29) is 0 Å². The number of thioether (sulfide) groups is 1. The van der Waals surface area contributed by atoms with Crippen LogP contribution in [0.25, 0.3) is 0 Å². The van der Waals surface area contributed by atoms with Crippen LogP contribution in [-0.4, -0.2) is 14.8 Å². The van der Waals surface area contributed by atoms with Crippen molar-refractivity contribution in [2.45, 2.75) is 10.9 Å². The maximum Gasteiger partial charge on any atom is 0.222 e. The van der Waals surface area contributed by atoms with Crippen molar-refractivity contribution >= 4 is 29.3 Å². The first-order valence-electron chi connectivity index (χ1n) is 4.69. The van der Waals surface area contributed by atoms with Crippen LogP contribution < -0.4 is 5.73 Å². The van der Waals surface area contributed by atoms with Gasteiger partial charge in [-0.05, 0) is 17.7 Å².